The molecule has 1 heterocycles. The quantitative estimate of drug-likeness (QED) is 0.821. The highest BCUT2D eigenvalue weighted by molar-refractivity contribution is 9.11. The fourth-order valence-electron chi connectivity index (χ4n) is 1.83. The predicted molar refractivity (Wildman–Crippen MR) is 84.7 cm³/mol. The summed E-state index contributed by atoms with van der Waals surface area (Å²) in [5, 5.41) is 3.41. The average molecular weight is 386 g/mol. The molecule has 0 saturated heterocycles. The molecule has 2 rings (SSSR count). The van der Waals surface area contributed by atoms with Gasteiger partial charge >= 0.3 is 0 Å². The van der Waals surface area contributed by atoms with Gasteiger partial charge in [0.15, 0.2) is 0 Å². The highest BCUT2D eigenvalue weighted by Gasteiger charge is 2.12. The zero-order valence-electron chi connectivity index (χ0n) is 10.7. The molecule has 19 heavy (non-hydrogen) atoms. The maximum absolute atomic E-state index is 5.24. The van der Waals surface area contributed by atoms with Gasteiger partial charge in [-0.25, -0.2) is 4.98 Å². The van der Waals surface area contributed by atoms with E-state index >= 15 is 0 Å². The van der Waals surface area contributed by atoms with Crippen LogP contribution >= 0.6 is 31.9 Å². The van der Waals surface area contributed by atoms with Crippen LogP contribution in [0.25, 0.3) is 0 Å². The van der Waals surface area contributed by atoms with Crippen molar-refractivity contribution in [3.05, 3.63) is 51.0 Å². The topological polar surface area (TPSA) is 34.1 Å². The molecule has 1 N–H and O–H groups in total. The van der Waals surface area contributed by atoms with Gasteiger partial charge in [-0.2, -0.15) is 0 Å². The van der Waals surface area contributed by atoms with Crippen molar-refractivity contribution in [2.75, 3.05) is 12.4 Å². The van der Waals surface area contributed by atoms with Crippen LogP contribution < -0.4 is 10.1 Å². The Kier molecular flexibility index (Phi) is 4.82. The van der Waals surface area contributed by atoms with Crippen molar-refractivity contribution >= 4 is 37.5 Å². The van der Waals surface area contributed by atoms with Crippen molar-refractivity contribution in [2.24, 2.45) is 0 Å². The number of benzene rings is 1. The monoisotopic (exact) mass is 384 g/mol. The largest absolute Gasteiger partial charge is 0.480 e. The Morgan fingerprint density at radius 2 is 2.05 bits per heavy atom. The number of methoxy groups -OCH3 is 1. The lowest BCUT2D eigenvalue weighted by Crippen LogP contribution is -2.08. The molecule has 0 radical (unpaired) electrons. The zero-order chi connectivity index (χ0) is 13.8. The van der Waals surface area contributed by atoms with Crippen LogP contribution in [0.2, 0.25) is 0 Å². The molecule has 1 atom stereocenters. The van der Waals surface area contributed by atoms with Gasteiger partial charge in [0.2, 0.25) is 5.88 Å². The number of halogens is 2. The van der Waals surface area contributed by atoms with Gasteiger partial charge < -0.3 is 10.1 Å². The molecule has 0 fully saturated rings. The Morgan fingerprint density at radius 1 is 1.26 bits per heavy atom. The first-order valence-electron chi connectivity index (χ1n) is 5.82. The summed E-state index contributed by atoms with van der Waals surface area (Å²) in [5.74, 6) is 0.600. The van der Waals surface area contributed by atoms with E-state index in [1.807, 2.05) is 24.3 Å². The van der Waals surface area contributed by atoms with Gasteiger partial charge in [0, 0.05) is 21.2 Å². The lowest BCUT2D eigenvalue weighted by molar-refractivity contribution is 0.399. The van der Waals surface area contributed by atoms with Gasteiger partial charge in [-0.1, -0.05) is 37.9 Å². The predicted octanol–water partition coefficient (Wildman–Crippen LogP) is 4.79. The van der Waals surface area contributed by atoms with Gasteiger partial charge in [0.05, 0.1) is 12.8 Å². The molecule has 2 aromatic rings. The van der Waals surface area contributed by atoms with E-state index in [0.29, 0.717) is 5.88 Å². The van der Waals surface area contributed by atoms with Crippen molar-refractivity contribution in [3.63, 3.8) is 0 Å². The zero-order valence-corrected chi connectivity index (χ0v) is 13.8. The normalized spacial score (nSPS) is 12.0. The fourth-order valence-corrected chi connectivity index (χ4v) is 3.22. The number of nitrogens with zero attached hydrogens (tertiary/aromatic N) is 1. The second kappa shape index (κ2) is 6.39. The van der Waals surface area contributed by atoms with Gasteiger partial charge in [-0.05, 0) is 36.8 Å². The molecule has 0 saturated carbocycles. The summed E-state index contributed by atoms with van der Waals surface area (Å²) in [5.41, 5.74) is 2.06. The van der Waals surface area contributed by atoms with Crippen LogP contribution in [-0.2, 0) is 0 Å². The Hall–Kier alpha value is -1.07. The molecule has 0 aliphatic rings. The number of nitrogens with one attached hydrogen (secondary N) is 1. The molecule has 0 aliphatic carbocycles. The van der Waals surface area contributed by atoms with Crippen LogP contribution in [0.4, 0.5) is 5.69 Å². The number of hydrogen-bond donors (Lipinski definition) is 1. The van der Waals surface area contributed by atoms with Crippen LogP contribution in [0.1, 0.15) is 18.5 Å². The average Bonchev–Trinajstić information content (AvgIpc) is 2.39. The number of pyridine rings is 1. The van der Waals surface area contributed by atoms with Crippen LogP contribution in [-0.4, -0.2) is 12.1 Å². The summed E-state index contributed by atoms with van der Waals surface area (Å²) >= 11 is 7.03. The number of ether oxygens (including phenoxy) is 1. The lowest BCUT2D eigenvalue weighted by Gasteiger charge is -2.18. The van der Waals surface area contributed by atoms with Crippen molar-refractivity contribution in [2.45, 2.75) is 13.0 Å². The molecule has 3 nitrogen and oxygen atoms in total. The molecule has 0 aliphatic heterocycles. The summed E-state index contributed by atoms with van der Waals surface area (Å²) in [6.07, 6.45) is 1.71. The molecule has 1 aromatic heterocycles. The number of anilines is 1. The summed E-state index contributed by atoms with van der Waals surface area (Å²) < 4.78 is 7.35. The summed E-state index contributed by atoms with van der Waals surface area (Å²) in [6.45, 7) is 2.10. The van der Waals surface area contributed by atoms with Crippen molar-refractivity contribution in [1.29, 1.82) is 0 Å². The van der Waals surface area contributed by atoms with Gasteiger partial charge in [0.1, 0.15) is 0 Å². The molecular weight excluding hydrogens is 372 g/mol. The minimum atomic E-state index is 0.139. The van der Waals surface area contributed by atoms with E-state index in [0.717, 1.165) is 14.6 Å². The Morgan fingerprint density at radius 3 is 2.74 bits per heavy atom. The van der Waals surface area contributed by atoms with E-state index in [2.05, 4.69) is 55.2 Å². The van der Waals surface area contributed by atoms with E-state index < -0.39 is 0 Å². The Labute approximate surface area is 129 Å². The molecule has 0 bridgehead atoms. The van der Waals surface area contributed by atoms with E-state index in [1.54, 1.807) is 13.3 Å². The minimum Gasteiger partial charge on any atom is -0.480 e. The highest BCUT2D eigenvalue weighted by Crippen LogP contribution is 2.31. The van der Waals surface area contributed by atoms with E-state index in [1.165, 1.54) is 5.56 Å². The maximum atomic E-state index is 5.24. The van der Waals surface area contributed by atoms with Gasteiger partial charge in [-0.3, -0.25) is 0 Å². The number of rotatable bonds is 4. The molecular formula is C14H14Br2N2O. The third-order valence-corrected chi connectivity index (χ3v) is 3.95. The lowest BCUT2D eigenvalue weighted by atomic mass is 10.1. The van der Waals surface area contributed by atoms with E-state index in [-0.39, 0.29) is 6.04 Å². The third kappa shape index (κ3) is 3.48. The van der Waals surface area contributed by atoms with Crippen LogP contribution in [0.15, 0.2) is 45.5 Å². The molecule has 1 aromatic carbocycles. The van der Waals surface area contributed by atoms with Crippen LogP contribution in [0.5, 0.6) is 5.88 Å². The smallest absolute Gasteiger partial charge is 0.237 e. The second-order valence-electron chi connectivity index (χ2n) is 4.09. The second-order valence-corrected chi connectivity index (χ2v) is 5.86. The SMILES string of the molecule is COc1ncccc1NC(C)c1ccc(Br)cc1Br. The minimum absolute atomic E-state index is 0.139. The molecule has 0 amide bonds. The molecule has 0 spiro atoms. The van der Waals surface area contributed by atoms with E-state index in [4.69, 9.17) is 4.74 Å². The number of hydrogen-bond acceptors (Lipinski definition) is 3. The van der Waals surface area contributed by atoms with Crippen LogP contribution in [0, 0.1) is 0 Å². The van der Waals surface area contributed by atoms with Crippen molar-refractivity contribution in [3.8, 4) is 5.88 Å². The summed E-state index contributed by atoms with van der Waals surface area (Å²) in [7, 11) is 1.62. The highest BCUT2D eigenvalue weighted by atomic mass is 79.9. The standard InChI is InChI=1S/C14H14Br2N2O/c1-9(11-6-5-10(15)8-12(11)16)18-13-4-3-7-17-14(13)19-2/h3-9,18H,1-2H3. The first kappa shape index (κ1) is 14.3. The third-order valence-electron chi connectivity index (χ3n) is 2.77. The Bertz CT molecular complexity index is 575. The molecule has 5 heteroatoms. The van der Waals surface area contributed by atoms with Crippen molar-refractivity contribution in [1.82, 2.24) is 4.98 Å². The van der Waals surface area contributed by atoms with Crippen molar-refractivity contribution < 1.29 is 4.74 Å². The van der Waals surface area contributed by atoms with Crippen LogP contribution in [0.3, 0.4) is 0 Å². The summed E-state index contributed by atoms with van der Waals surface area (Å²) in [4.78, 5) is 4.18. The Balaban J connectivity index is 2.23. The van der Waals surface area contributed by atoms with Gasteiger partial charge in [-0.15, -0.1) is 0 Å². The van der Waals surface area contributed by atoms with Gasteiger partial charge in [0.25, 0.3) is 0 Å². The number of aromatic nitrogens is 1. The first-order chi connectivity index (χ1) is 9.11. The fraction of sp³-hybridized carbons (Fsp3) is 0.214. The van der Waals surface area contributed by atoms with E-state index in [9.17, 15) is 0 Å². The molecule has 100 valence electrons. The summed E-state index contributed by atoms with van der Waals surface area (Å²) in [6, 6.07) is 10.1. The molecule has 1 unspecified atom stereocenters. The maximum Gasteiger partial charge on any atom is 0.237 e. The first-order valence-corrected chi connectivity index (χ1v) is 7.41.